The van der Waals surface area contributed by atoms with Gasteiger partial charge in [-0.25, -0.2) is 4.79 Å². The van der Waals surface area contributed by atoms with Crippen molar-refractivity contribution in [3.05, 3.63) is 103 Å². The number of carbonyl (C=O) groups is 4. The Morgan fingerprint density at radius 1 is 0.878 bits per heavy atom. The molecule has 0 N–H and O–H groups in total. The molecule has 0 aliphatic carbocycles. The Morgan fingerprint density at radius 3 is 2.27 bits per heavy atom. The third-order valence-electron chi connectivity index (χ3n) is 6.36. The van der Waals surface area contributed by atoms with Crippen molar-refractivity contribution in [3.63, 3.8) is 0 Å². The van der Waals surface area contributed by atoms with Gasteiger partial charge in [0.1, 0.15) is 11.5 Å². The molecule has 2 heterocycles. The van der Waals surface area contributed by atoms with Gasteiger partial charge in [0.15, 0.2) is 23.9 Å². The van der Waals surface area contributed by atoms with Crippen LogP contribution in [0.2, 0.25) is 0 Å². The number of esters is 2. The lowest BCUT2D eigenvalue weighted by Gasteiger charge is -2.17. The number of methoxy groups -OCH3 is 1. The molecule has 1 unspecified atom stereocenters. The second-order valence-corrected chi connectivity index (χ2v) is 9.07. The molecule has 1 fully saturated rings. The number of ketones is 1. The van der Waals surface area contributed by atoms with E-state index >= 15 is 0 Å². The molecule has 41 heavy (non-hydrogen) atoms. The van der Waals surface area contributed by atoms with E-state index in [4.69, 9.17) is 23.4 Å². The lowest BCUT2D eigenvalue weighted by atomic mass is 10.1. The van der Waals surface area contributed by atoms with E-state index in [1.54, 1.807) is 49.6 Å². The Kier molecular flexibility index (Phi) is 8.10. The van der Waals surface area contributed by atoms with Crippen LogP contribution >= 0.6 is 0 Å². The van der Waals surface area contributed by atoms with E-state index in [0.717, 1.165) is 0 Å². The summed E-state index contributed by atoms with van der Waals surface area (Å²) < 4.78 is 26.6. The van der Waals surface area contributed by atoms with Gasteiger partial charge in [-0.15, -0.1) is 0 Å². The van der Waals surface area contributed by atoms with Crippen molar-refractivity contribution in [2.75, 3.05) is 25.2 Å². The third-order valence-corrected chi connectivity index (χ3v) is 6.36. The van der Waals surface area contributed by atoms with Gasteiger partial charge in [0.2, 0.25) is 11.7 Å². The molecule has 1 amide bonds. The summed E-state index contributed by atoms with van der Waals surface area (Å²) in [5, 5.41) is 0. The number of carbonyl (C=O) groups excluding carboxylic acids is 4. The quantitative estimate of drug-likeness (QED) is 0.150. The van der Waals surface area contributed by atoms with Gasteiger partial charge in [-0.1, -0.05) is 12.1 Å². The number of anilines is 1. The topological polar surface area (TPSA) is 122 Å². The van der Waals surface area contributed by atoms with E-state index < -0.39 is 30.2 Å². The van der Waals surface area contributed by atoms with Gasteiger partial charge in [-0.05, 0) is 72.8 Å². The first-order valence-corrected chi connectivity index (χ1v) is 12.7. The standard InChI is InChI=1S/C31H25NO9/c1-37-26-5-2-3-6-27(26)40-23-14-10-22(11-15-23)32-18-21(17-29(32)34)30(35)39-19-25(33)20-8-12-24(13-9-20)41-31(36)28-7-4-16-38-28/h2-16,21H,17-19H2,1H3. The monoisotopic (exact) mass is 555 g/mol. The molecule has 0 saturated carbocycles. The predicted octanol–water partition coefficient (Wildman–Crippen LogP) is 5.08. The fraction of sp³-hybridized carbons (Fsp3) is 0.161. The van der Waals surface area contributed by atoms with Crippen LogP contribution in [0.1, 0.15) is 27.3 Å². The van der Waals surface area contributed by atoms with E-state index in [1.807, 2.05) is 12.1 Å². The van der Waals surface area contributed by atoms with Crippen molar-refractivity contribution < 1.29 is 42.5 Å². The fourth-order valence-corrected chi connectivity index (χ4v) is 4.24. The Bertz CT molecular complexity index is 1540. The Labute approximate surface area is 235 Å². The molecule has 1 atom stereocenters. The number of amides is 1. The highest BCUT2D eigenvalue weighted by atomic mass is 16.5. The molecule has 0 bridgehead atoms. The zero-order valence-corrected chi connectivity index (χ0v) is 22.0. The number of Topliss-reactive ketones (excluding diaryl/α,β-unsaturated/α-hetero) is 1. The second kappa shape index (κ2) is 12.2. The van der Waals surface area contributed by atoms with Crippen LogP contribution in [0.3, 0.4) is 0 Å². The molecule has 1 aromatic heterocycles. The number of hydrogen-bond acceptors (Lipinski definition) is 9. The molecule has 0 spiro atoms. The summed E-state index contributed by atoms with van der Waals surface area (Å²) in [5.41, 5.74) is 0.886. The molecular weight excluding hydrogens is 530 g/mol. The Balaban J connectivity index is 1.12. The number of hydrogen-bond donors (Lipinski definition) is 0. The summed E-state index contributed by atoms with van der Waals surface area (Å²) in [6.45, 7) is -0.349. The minimum Gasteiger partial charge on any atom is -0.493 e. The molecule has 208 valence electrons. The number of ether oxygens (including phenoxy) is 4. The average molecular weight is 556 g/mol. The van der Waals surface area contributed by atoms with Crippen LogP contribution in [0.15, 0.2) is 95.6 Å². The van der Waals surface area contributed by atoms with Gasteiger partial charge in [-0.3, -0.25) is 14.4 Å². The van der Waals surface area contributed by atoms with Crippen LogP contribution in [0, 0.1) is 5.92 Å². The lowest BCUT2D eigenvalue weighted by Crippen LogP contribution is -2.27. The van der Waals surface area contributed by atoms with Gasteiger partial charge < -0.3 is 28.3 Å². The minimum absolute atomic E-state index is 0.0256. The van der Waals surface area contributed by atoms with Crippen LogP contribution in [-0.4, -0.2) is 43.9 Å². The molecule has 3 aromatic carbocycles. The molecule has 1 aliphatic heterocycles. The van der Waals surface area contributed by atoms with Gasteiger partial charge in [0, 0.05) is 24.2 Å². The van der Waals surface area contributed by atoms with E-state index in [1.165, 1.54) is 41.5 Å². The van der Waals surface area contributed by atoms with Crippen LogP contribution in [0.5, 0.6) is 23.0 Å². The average Bonchev–Trinajstić information content (AvgIpc) is 3.67. The van der Waals surface area contributed by atoms with E-state index in [2.05, 4.69) is 0 Å². The SMILES string of the molecule is COc1ccccc1Oc1ccc(N2CC(C(=O)OCC(=O)c3ccc(OC(=O)c4ccco4)cc3)CC2=O)cc1. The van der Waals surface area contributed by atoms with E-state index in [-0.39, 0.29) is 35.9 Å². The number of nitrogens with zero attached hydrogens (tertiary/aromatic N) is 1. The van der Waals surface area contributed by atoms with Crippen molar-refractivity contribution in [1.29, 1.82) is 0 Å². The minimum atomic E-state index is -0.705. The number of benzene rings is 3. The smallest absolute Gasteiger partial charge is 0.379 e. The maximum absolute atomic E-state index is 12.7. The Morgan fingerprint density at radius 2 is 1.59 bits per heavy atom. The first-order chi connectivity index (χ1) is 19.9. The number of rotatable bonds is 10. The summed E-state index contributed by atoms with van der Waals surface area (Å²) in [7, 11) is 1.56. The molecular formula is C31H25NO9. The van der Waals surface area contributed by atoms with Crippen molar-refractivity contribution in [2.45, 2.75) is 6.42 Å². The van der Waals surface area contributed by atoms with Gasteiger partial charge in [0.05, 0.1) is 19.3 Å². The number of furan rings is 1. The fourth-order valence-electron chi connectivity index (χ4n) is 4.24. The second-order valence-electron chi connectivity index (χ2n) is 9.07. The third kappa shape index (κ3) is 6.44. The summed E-state index contributed by atoms with van der Waals surface area (Å²) in [5.74, 6) is -0.678. The van der Waals surface area contributed by atoms with Gasteiger partial charge in [-0.2, -0.15) is 0 Å². The zero-order chi connectivity index (χ0) is 28.8. The van der Waals surface area contributed by atoms with Gasteiger partial charge >= 0.3 is 11.9 Å². The first kappa shape index (κ1) is 27.2. The molecule has 5 rings (SSSR count). The van der Waals surface area contributed by atoms with E-state index in [0.29, 0.717) is 22.9 Å². The highest BCUT2D eigenvalue weighted by Gasteiger charge is 2.36. The van der Waals surface area contributed by atoms with Crippen LogP contribution in [0.25, 0.3) is 0 Å². The molecule has 10 heteroatoms. The highest BCUT2D eigenvalue weighted by Crippen LogP contribution is 2.33. The largest absolute Gasteiger partial charge is 0.493 e. The van der Waals surface area contributed by atoms with Crippen molar-refractivity contribution in [2.24, 2.45) is 5.92 Å². The van der Waals surface area contributed by atoms with Gasteiger partial charge in [0.25, 0.3) is 0 Å². The molecule has 0 radical (unpaired) electrons. The highest BCUT2D eigenvalue weighted by molar-refractivity contribution is 6.01. The molecule has 1 saturated heterocycles. The zero-order valence-electron chi connectivity index (χ0n) is 22.0. The summed E-state index contributed by atoms with van der Waals surface area (Å²) in [4.78, 5) is 51.3. The Hall–Kier alpha value is -5.38. The lowest BCUT2D eigenvalue weighted by molar-refractivity contribution is -0.147. The molecule has 4 aromatic rings. The van der Waals surface area contributed by atoms with Crippen molar-refractivity contribution >= 4 is 29.3 Å². The van der Waals surface area contributed by atoms with Crippen LogP contribution in [-0.2, 0) is 14.3 Å². The molecule has 1 aliphatic rings. The van der Waals surface area contributed by atoms with Crippen molar-refractivity contribution in [3.8, 4) is 23.0 Å². The van der Waals surface area contributed by atoms with Crippen LogP contribution < -0.4 is 19.1 Å². The van der Waals surface area contributed by atoms with Crippen molar-refractivity contribution in [1.82, 2.24) is 0 Å². The summed E-state index contributed by atoms with van der Waals surface area (Å²) in [6.07, 6.45) is 1.33. The normalized spacial score (nSPS) is 14.4. The summed E-state index contributed by atoms with van der Waals surface area (Å²) >= 11 is 0. The summed E-state index contributed by atoms with van der Waals surface area (Å²) in [6, 6.07) is 23.0. The molecule has 10 nitrogen and oxygen atoms in total. The maximum Gasteiger partial charge on any atom is 0.379 e. The van der Waals surface area contributed by atoms with E-state index in [9.17, 15) is 19.2 Å². The first-order valence-electron chi connectivity index (χ1n) is 12.7. The maximum atomic E-state index is 12.7. The number of para-hydroxylation sites is 2. The predicted molar refractivity (Wildman–Crippen MR) is 145 cm³/mol. The van der Waals surface area contributed by atoms with Crippen LogP contribution in [0.4, 0.5) is 5.69 Å².